The van der Waals surface area contributed by atoms with Crippen LogP contribution in [0.25, 0.3) is 0 Å². The van der Waals surface area contributed by atoms with Crippen LogP contribution < -0.4 is 10.2 Å². The number of nitrogens with one attached hydrogen (secondary N) is 1. The summed E-state index contributed by atoms with van der Waals surface area (Å²) in [6.45, 7) is 4.74. The molecule has 0 rings (SSSR count). The molecule has 0 saturated carbocycles. The summed E-state index contributed by atoms with van der Waals surface area (Å²) in [5, 5.41) is 14.0. The number of likely N-dealkylation sites (N-methyl/N-ethyl adjacent to an activating group) is 1. The number of aliphatic hydroxyl groups excluding tert-OH is 1. The normalized spacial score (nSPS) is 14.2. The van der Waals surface area contributed by atoms with Gasteiger partial charge < -0.3 is 28.8 Å². The van der Waals surface area contributed by atoms with E-state index in [1.54, 1.807) is 0 Å². The highest BCUT2D eigenvalue weighted by molar-refractivity contribution is 7.45. The highest BCUT2D eigenvalue weighted by atomic mass is 31.2. The van der Waals surface area contributed by atoms with E-state index in [9.17, 15) is 19.4 Å². The second-order valence-corrected chi connectivity index (χ2v) is 21.7. The van der Waals surface area contributed by atoms with Crippen molar-refractivity contribution in [2.24, 2.45) is 0 Å². The van der Waals surface area contributed by atoms with E-state index in [4.69, 9.17) is 9.05 Å². The highest BCUT2D eigenvalue weighted by Crippen LogP contribution is 2.38. The molecule has 0 spiro atoms. The Kier molecular flexibility index (Phi) is 46.3. The number of carbonyl (C=O) groups is 1. The topological polar surface area (TPSA) is 108 Å². The number of nitrogens with zero attached hydrogens (tertiary/aromatic N) is 1. The molecule has 0 aliphatic rings. The number of aliphatic hydroxyl groups is 1. The lowest BCUT2D eigenvalue weighted by molar-refractivity contribution is -0.870. The Balaban J connectivity index is 4.21. The zero-order valence-corrected chi connectivity index (χ0v) is 44.1. The minimum atomic E-state index is -4.57. The van der Waals surface area contributed by atoms with Crippen LogP contribution in [0.15, 0.2) is 24.3 Å². The van der Waals surface area contributed by atoms with Crippen LogP contribution in [0, 0.1) is 0 Å². The fraction of sp³-hybridized carbons (Fsp3) is 0.909. The van der Waals surface area contributed by atoms with Crippen LogP contribution in [0.2, 0.25) is 0 Å². The molecule has 0 aromatic rings. The van der Waals surface area contributed by atoms with Crippen molar-refractivity contribution in [3.63, 3.8) is 0 Å². The van der Waals surface area contributed by atoms with Gasteiger partial charge in [-0.1, -0.05) is 244 Å². The summed E-state index contributed by atoms with van der Waals surface area (Å²) in [6, 6.07) is -0.802. The SMILES string of the molecule is CCCCCCC/C=C\C/C=C\CCCCCCCCCCCC(=O)NC(COP(=O)([O-])OCC[N+](C)(C)C)C(O)CCCCCCCCCCCCCCCCCCCCCCC. The molecule has 0 aromatic carbocycles. The number of hydrogen-bond donors (Lipinski definition) is 2. The first-order chi connectivity index (χ1) is 31.0. The Morgan fingerprint density at radius 1 is 0.547 bits per heavy atom. The molecule has 8 nitrogen and oxygen atoms in total. The molecule has 9 heteroatoms. The summed E-state index contributed by atoms with van der Waals surface area (Å²) in [5.41, 5.74) is 0. The molecule has 0 bridgehead atoms. The van der Waals surface area contributed by atoms with E-state index in [2.05, 4.69) is 43.5 Å². The first kappa shape index (κ1) is 63.0. The van der Waals surface area contributed by atoms with Crippen LogP contribution in [0.3, 0.4) is 0 Å². The van der Waals surface area contributed by atoms with E-state index in [0.29, 0.717) is 23.9 Å². The van der Waals surface area contributed by atoms with E-state index in [-0.39, 0.29) is 19.1 Å². The molecular formula is C55H109N2O6P. The number of rotatable bonds is 51. The maximum Gasteiger partial charge on any atom is 0.268 e. The van der Waals surface area contributed by atoms with Gasteiger partial charge in [0, 0.05) is 6.42 Å². The lowest BCUT2D eigenvalue weighted by Crippen LogP contribution is -2.46. The average molecular weight is 925 g/mol. The summed E-state index contributed by atoms with van der Waals surface area (Å²) in [6.07, 6.45) is 57.6. The number of phosphoric acid groups is 1. The van der Waals surface area contributed by atoms with E-state index in [1.807, 2.05) is 21.1 Å². The third-order valence-corrected chi connectivity index (χ3v) is 13.7. The molecule has 64 heavy (non-hydrogen) atoms. The van der Waals surface area contributed by atoms with E-state index < -0.39 is 20.0 Å². The minimum absolute atomic E-state index is 0.0124. The van der Waals surface area contributed by atoms with Gasteiger partial charge in [0.15, 0.2) is 0 Å². The van der Waals surface area contributed by atoms with Crippen molar-refractivity contribution in [3.8, 4) is 0 Å². The van der Waals surface area contributed by atoms with Crippen LogP contribution >= 0.6 is 7.82 Å². The van der Waals surface area contributed by atoms with Crippen LogP contribution in [-0.4, -0.2) is 68.5 Å². The van der Waals surface area contributed by atoms with Crippen molar-refractivity contribution in [3.05, 3.63) is 24.3 Å². The molecule has 2 N–H and O–H groups in total. The number of phosphoric ester groups is 1. The molecule has 3 atom stereocenters. The Bertz CT molecular complexity index is 1090. The maximum absolute atomic E-state index is 13.0. The summed E-state index contributed by atoms with van der Waals surface area (Å²) < 4.78 is 23.4. The molecule has 0 aliphatic carbocycles. The largest absolute Gasteiger partial charge is 0.756 e. The van der Waals surface area contributed by atoms with Gasteiger partial charge in [-0.05, 0) is 44.9 Å². The molecule has 0 heterocycles. The minimum Gasteiger partial charge on any atom is -0.756 e. The molecule has 1 amide bonds. The zero-order chi connectivity index (χ0) is 47.1. The summed E-state index contributed by atoms with van der Waals surface area (Å²) in [7, 11) is 1.31. The van der Waals surface area contributed by atoms with Gasteiger partial charge in [-0.15, -0.1) is 0 Å². The lowest BCUT2D eigenvalue weighted by atomic mass is 10.0. The number of quaternary nitrogens is 1. The maximum atomic E-state index is 13.0. The van der Waals surface area contributed by atoms with Crippen LogP contribution in [-0.2, 0) is 18.4 Å². The molecule has 0 saturated heterocycles. The fourth-order valence-corrected chi connectivity index (χ4v) is 9.03. The fourth-order valence-electron chi connectivity index (χ4n) is 8.31. The quantitative estimate of drug-likeness (QED) is 0.0272. The van der Waals surface area contributed by atoms with Crippen LogP contribution in [0.1, 0.15) is 271 Å². The molecule has 0 aliphatic heterocycles. The van der Waals surface area contributed by atoms with Gasteiger partial charge in [0.2, 0.25) is 5.91 Å². The molecule has 3 unspecified atom stereocenters. The third-order valence-electron chi connectivity index (χ3n) is 12.7. The van der Waals surface area contributed by atoms with E-state index >= 15 is 0 Å². The van der Waals surface area contributed by atoms with Crippen molar-refractivity contribution in [1.82, 2.24) is 5.32 Å². The van der Waals surface area contributed by atoms with Crippen molar-refractivity contribution in [1.29, 1.82) is 0 Å². The summed E-state index contributed by atoms with van der Waals surface area (Å²) in [5.74, 6) is -0.166. The van der Waals surface area contributed by atoms with Gasteiger partial charge in [-0.2, -0.15) is 0 Å². The number of allylic oxidation sites excluding steroid dienone is 4. The first-order valence-corrected chi connectivity index (χ1v) is 29.1. The van der Waals surface area contributed by atoms with Crippen molar-refractivity contribution >= 4 is 13.7 Å². The van der Waals surface area contributed by atoms with Crippen LogP contribution in [0.5, 0.6) is 0 Å². The first-order valence-electron chi connectivity index (χ1n) is 27.7. The van der Waals surface area contributed by atoms with E-state index in [0.717, 1.165) is 44.9 Å². The molecular weight excluding hydrogens is 816 g/mol. The summed E-state index contributed by atoms with van der Waals surface area (Å²) >= 11 is 0. The molecule has 380 valence electrons. The Morgan fingerprint density at radius 2 is 0.906 bits per heavy atom. The van der Waals surface area contributed by atoms with Crippen molar-refractivity contribution in [2.75, 3.05) is 40.9 Å². The lowest BCUT2D eigenvalue weighted by Gasteiger charge is -2.30. The van der Waals surface area contributed by atoms with Gasteiger partial charge in [0.25, 0.3) is 7.82 Å². The van der Waals surface area contributed by atoms with Crippen molar-refractivity contribution in [2.45, 2.75) is 283 Å². The smallest absolute Gasteiger partial charge is 0.268 e. The second kappa shape index (κ2) is 47.1. The Hall–Kier alpha value is -1.02. The van der Waals surface area contributed by atoms with Gasteiger partial charge in [0.05, 0.1) is 39.9 Å². The second-order valence-electron chi connectivity index (χ2n) is 20.3. The Morgan fingerprint density at radius 3 is 1.30 bits per heavy atom. The molecule has 0 aromatic heterocycles. The third kappa shape index (κ3) is 48.9. The highest BCUT2D eigenvalue weighted by Gasteiger charge is 2.24. The van der Waals surface area contributed by atoms with Crippen LogP contribution in [0.4, 0.5) is 0 Å². The van der Waals surface area contributed by atoms with Gasteiger partial charge in [-0.25, -0.2) is 0 Å². The number of carbonyl (C=O) groups excluding carboxylic acids is 1. The van der Waals surface area contributed by atoms with Gasteiger partial charge >= 0.3 is 0 Å². The van der Waals surface area contributed by atoms with Crippen molar-refractivity contribution < 1.29 is 32.9 Å². The predicted molar refractivity (Wildman–Crippen MR) is 275 cm³/mol. The number of amides is 1. The van der Waals surface area contributed by atoms with Gasteiger partial charge in [-0.3, -0.25) is 9.36 Å². The van der Waals surface area contributed by atoms with E-state index in [1.165, 1.54) is 199 Å². The number of unbranched alkanes of at least 4 members (excludes halogenated alkanes) is 34. The number of hydrogen-bond acceptors (Lipinski definition) is 6. The average Bonchev–Trinajstić information content (AvgIpc) is 3.25. The monoisotopic (exact) mass is 925 g/mol. The Labute approximate surface area is 398 Å². The molecule has 0 fully saturated rings. The van der Waals surface area contributed by atoms with Gasteiger partial charge in [0.1, 0.15) is 13.2 Å². The zero-order valence-electron chi connectivity index (χ0n) is 43.3. The predicted octanol–water partition coefficient (Wildman–Crippen LogP) is 15.8. The standard InChI is InChI=1S/C55H109N2O6P/c1-6-8-10-12-14-16-18-20-22-24-26-28-30-32-34-36-38-40-42-44-46-48-54(58)53(52-63-64(60,61)62-51-50-57(3,4)5)56-55(59)49-47-45-43-41-39-37-35-33-31-29-27-25-23-21-19-17-15-13-11-9-7-2/h19,21,25,27,53-54,58H,6-18,20,22-24,26,28-52H2,1-5H3,(H-,56,59,60,61)/b21-19-,27-25-. The molecule has 0 radical (unpaired) electrons. The summed E-state index contributed by atoms with van der Waals surface area (Å²) in [4.78, 5) is 25.5.